The largest absolute Gasteiger partial charge is 0.351 e. The molecule has 8 nitrogen and oxygen atoms in total. The number of hydrogen-bond acceptors (Lipinski definition) is 6. The predicted octanol–water partition coefficient (Wildman–Crippen LogP) is 5.93. The molecule has 3 aliphatic rings. The summed E-state index contributed by atoms with van der Waals surface area (Å²) in [6.07, 6.45) is 15.4. The third-order valence-electron chi connectivity index (χ3n) is 9.80. The lowest BCUT2D eigenvalue weighted by Crippen LogP contribution is -2.46. The van der Waals surface area contributed by atoms with E-state index >= 15 is 0 Å². The number of rotatable bonds is 9. The van der Waals surface area contributed by atoms with Crippen molar-refractivity contribution >= 4 is 27.2 Å². The average Bonchev–Trinajstić information content (AvgIpc) is 3.32. The summed E-state index contributed by atoms with van der Waals surface area (Å²) in [5, 5.41) is 8.60. The number of hydrogen-bond donors (Lipinski definition) is 1. The summed E-state index contributed by atoms with van der Waals surface area (Å²) in [6.45, 7) is 7.51. The molecule has 0 bridgehead atoms. The molecule has 3 heterocycles. The molecule has 0 aromatic carbocycles. The standard InChI is InChI=1S/C31H49N5O3S/c1-4-5-6-7-23(3)33-31-32-21-29-27(20-28(36(29)34-31)25-10-8-22(2)9-11-25)24-12-14-26(15-13-24)30(37)35-16-18-40(38,39)19-17-35/h20-26H,4-19H2,1-3H3,(H,33,34)/t22?,23-,24?,25?,26?/m0/s1. The fourth-order valence-electron chi connectivity index (χ4n) is 7.11. The van der Waals surface area contributed by atoms with Crippen molar-refractivity contribution in [3.8, 4) is 0 Å². The maximum atomic E-state index is 13.2. The third kappa shape index (κ3) is 6.82. The number of unbranched alkanes of at least 4 members (excludes halogenated alkanes) is 2. The van der Waals surface area contributed by atoms with E-state index in [2.05, 4.69) is 36.7 Å². The predicted molar refractivity (Wildman–Crippen MR) is 161 cm³/mol. The molecule has 1 atom stereocenters. The molecule has 3 fully saturated rings. The van der Waals surface area contributed by atoms with E-state index in [1.54, 1.807) is 4.90 Å². The summed E-state index contributed by atoms with van der Waals surface area (Å²) in [5.41, 5.74) is 3.79. The van der Waals surface area contributed by atoms with Crippen LogP contribution in [0.4, 0.5) is 5.95 Å². The zero-order valence-corrected chi connectivity index (χ0v) is 25.6. The quantitative estimate of drug-likeness (QED) is 0.375. The second-order valence-electron chi connectivity index (χ2n) is 12.9. The van der Waals surface area contributed by atoms with Crippen molar-refractivity contribution in [3.05, 3.63) is 23.5 Å². The van der Waals surface area contributed by atoms with Crippen LogP contribution in [0.15, 0.2) is 12.3 Å². The lowest BCUT2D eigenvalue weighted by atomic mass is 9.77. The van der Waals surface area contributed by atoms with E-state index in [9.17, 15) is 13.2 Å². The Morgan fingerprint density at radius 1 is 1.02 bits per heavy atom. The SMILES string of the molecule is CCCCC[C@H](C)Nc1ncc2c(C3CCC(C(=O)N4CCS(=O)(=O)CC4)CC3)cc(C3CCC(C)CC3)n2n1. The van der Waals surface area contributed by atoms with Gasteiger partial charge in [-0.1, -0.05) is 46.0 Å². The highest BCUT2D eigenvalue weighted by atomic mass is 32.2. The van der Waals surface area contributed by atoms with E-state index in [4.69, 9.17) is 10.1 Å². The van der Waals surface area contributed by atoms with Gasteiger partial charge in [0.05, 0.1) is 23.2 Å². The Morgan fingerprint density at radius 2 is 1.70 bits per heavy atom. The van der Waals surface area contributed by atoms with Crippen LogP contribution in [0.2, 0.25) is 0 Å². The summed E-state index contributed by atoms with van der Waals surface area (Å²) >= 11 is 0. The lowest BCUT2D eigenvalue weighted by Gasteiger charge is -2.33. The first-order chi connectivity index (χ1) is 19.2. The zero-order chi connectivity index (χ0) is 28.3. The van der Waals surface area contributed by atoms with E-state index in [1.165, 1.54) is 56.2 Å². The van der Waals surface area contributed by atoms with Crippen molar-refractivity contribution in [1.29, 1.82) is 0 Å². The topological polar surface area (TPSA) is 96.7 Å². The molecule has 2 saturated carbocycles. The molecule has 0 radical (unpaired) electrons. The number of carbonyl (C=O) groups is 1. The molecule has 222 valence electrons. The molecular formula is C31H49N5O3S. The van der Waals surface area contributed by atoms with E-state index < -0.39 is 9.84 Å². The minimum Gasteiger partial charge on any atom is -0.351 e. The highest BCUT2D eigenvalue weighted by Crippen LogP contribution is 2.42. The molecular weight excluding hydrogens is 522 g/mol. The smallest absolute Gasteiger partial charge is 0.241 e. The minimum atomic E-state index is -2.98. The lowest BCUT2D eigenvalue weighted by molar-refractivity contribution is -0.136. The molecule has 5 rings (SSSR count). The summed E-state index contributed by atoms with van der Waals surface area (Å²) < 4.78 is 25.8. The number of fused-ring (bicyclic) bond motifs is 1. The highest BCUT2D eigenvalue weighted by molar-refractivity contribution is 7.91. The zero-order valence-electron chi connectivity index (χ0n) is 24.8. The summed E-state index contributed by atoms with van der Waals surface area (Å²) in [4.78, 5) is 19.7. The van der Waals surface area contributed by atoms with Crippen molar-refractivity contribution in [1.82, 2.24) is 19.5 Å². The van der Waals surface area contributed by atoms with Crippen LogP contribution >= 0.6 is 0 Å². The third-order valence-corrected chi connectivity index (χ3v) is 11.4. The van der Waals surface area contributed by atoms with Crippen LogP contribution in [0.25, 0.3) is 5.52 Å². The summed E-state index contributed by atoms with van der Waals surface area (Å²) in [7, 11) is -2.98. The van der Waals surface area contributed by atoms with Gasteiger partial charge >= 0.3 is 0 Å². The van der Waals surface area contributed by atoms with Crippen LogP contribution < -0.4 is 5.32 Å². The van der Waals surface area contributed by atoms with Crippen LogP contribution in [0.5, 0.6) is 0 Å². The first-order valence-corrected chi connectivity index (χ1v) is 17.7. The van der Waals surface area contributed by atoms with Gasteiger partial charge in [0.2, 0.25) is 11.9 Å². The van der Waals surface area contributed by atoms with Crippen molar-refractivity contribution < 1.29 is 13.2 Å². The maximum Gasteiger partial charge on any atom is 0.241 e. The number of nitrogens with one attached hydrogen (secondary N) is 1. The van der Waals surface area contributed by atoms with Gasteiger partial charge in [-0.2, -0.15) is 0 Å². The molecule has 1 N–H and O–H groups in total. The molecule has 9 heteroatoms. The van der Waals surface area contributed by atoms with E-state index in [0.717, 1.165) is 43.5 Å². The van der Waals surface area contributed by atoms with Crippen LogP contribution in [0, 0.1) is 11.8 Å². The highest BCUT2D eigenvalue weighted by Gasteiger charge is 2.34. The monoisotopic (exact) mass is 571 g/mol. The normalized spacial score (nSPS) is 27.9. The number of sulfone groups is 1. The fraction of sp³-hybridized carbons (Fsp3) is 0.774. The van der Waals surface area contributed by atoms with Gasteiger partial charge < -0.3 is 10.2 Å². The van der Waals surface area contributed by atoms with Gasteiger partial charge in [0.1, 0.15) is 0 Å². The molecule has 1 amide bonds. The Bertz CT molecular complexity index is 1250. The van der Waals surface area contributed by atoms with Crippen molar-refractivity contribution in [2.24, 2.45) is 11.8 Å². The Morgan fingerprint density at radius 3 is 2.38 bits per heavy atom. The van der Waals surface area contributed by atoms with Crippen molar-refractivity contribution in [3.63, 3.8) is 0 Å². The minimum absolute atomic E-state index is 0.00600. The van der Waals surface area contributed by atoms with Gasteiger partial charge in [-0.25, -0.2) is 17.9 Å². The molecule has 1 saturated heterocycles. The molecule has 2 aromatic rings. The van der Waals surface area contributed by atoms with Crippen LogP contribution in [0.3, 0.4) is 0 Å². The van der Waals surface area contributed by atoms with E-state index in [0.29, 0.717) is 36.9 Å². The Kier molecular flexibility index (Phi) is 9.38. The van der Waals surface area contributed by atoms with Gasteiger partial charge in [0, 0.05) is 36.7 Å². The number of carbonyl (C=O) groups excluding carboxylic acids is 1. The Hall–Kier alpha value is -2.16. The molecule has 1 aliphatic heterocycles. The fourth-order valence-corrected chi connectivity index (χ4v) is 8.32. The van der Waals surface area contributed by atoms with Gasteiger partial charge in [-0.3, -0.25) is 4.79 Å². The number of anilines is 1. The summed E-state index contributed by atoms with van der Waals surface area (Å²) in [5.74, 6) is 2.78. The molecule has 0 unspecified atom stereocenters. The van der Waals surface area contributed by atoms with Crippen molar-refractivity contribution in [2.45, 2.75) is 116 Å². The van der Waals surface area contributed by atoms with Crippen LogP contribution in [-0.2, 0) is 14.6 Å². The van der Waals surface area contributed by atoms with E-state index in [-0.39, 0.29) is 23.3 Å². The molecule has 0 spiro atoms. The maximum absolute atomic E-state index is 13.2. The average molecular weight is 572 g/mol. The Balaban J connectivity index is 1.31. The van der Waals surface area contributed by atoms with Crippen LogP contribution in [0.1, 0.15) is 121 Å². The number of amides is 1. The van der Waals surface area contributed by atoms with Gasteiger partial charge in [-0.15, -0.1) is 5.10 Å². The first kappa shape index (κ1) is 29.3. The first-order valence-electron chi connectivity index (χ1n) is 15.9. The molecule has 2 aromatic heterocycles. The van der Waals surface area contributed by atoms with Gasteiger partial charge in [-0.05, 0) is 75.3 Å². The summed E-state index contributed by atoms with van der Waals surface area (Å²) in [6, 6.07) is 2.76. The van der Waals surface area contributed by atoms with Gasteiger partial charge in [0.15, 0.2) is 9.84 Å². The Labute approximate surface area is 240 Å². The molecule has 2 aliphatic carbocycles. The van der Waals surface area contributed by atoms with E-state index in [1.807, 2.05) is 6.20 Å². The second kappa shape index (κ2) is 12.8. The molecule has 40 heavy (non-hydrogen) atoms. The van der Waals surface area contributed by atoms with Gasteiger partial charge in [0.25, 0.3) is 0 Å². The second-order valence-corrected chi connectivity index (χ2v) is 15.2. The van der Waals surface area contributed by atoms with Crippen LogP contribution in [-0.4, -0.2) is 64.5 Å². The number of aromatic nitrogens is 3. The van der Waals surface area contributed by atoms with Crippen molar-refractivity contribution in [2.75, 3.05) is 29.9 Å². The number of nitrogens with zero attached hydrogens (tertiary/aromatic N) is 4.